The highest BCUT2D eigenvalue weighted by atomic mass is 32.2. The van der Waals surface area contributed by atoms with Crippen molar-refractivity contribution >= 4 is 23.4 Å². The molecule has 0 heterocycles. The van der Waals surface area contributed by atoms with Gasteiger partial charge < -0.3 is 10.1 Å². The van der Waals surface area contributed by atoms with Gasteiger partial charge in [-0.2, -0.15) is 0 Å². The van der Waals surface area contributed by atoms with Gasteiger partial charge in [-0.05, 0) is 19.1 Å². The van der Waals surface area contributed by atoms with Crippen LogP contribution in [0.3, 0.4) is 0 Å². The third kappa shape index (κ3) is 4.95. The van der Waals surface area contributed by atoms with Crippen molar-refractivity contribution in [3.05, 3.63) is 36.4 Å². The normalized spacial score (nSPS) is 9.76. The fourth-order valence-corrected chi connectivity index (χ4v) is 1.96. The van der Waals surface area contributed by atoms with Crippen molar-refractivity contribution in [1.29, 1.82) is 0 Å². The van der Waals surface area contributed by atoms with E-state index in [-0.39, 0.29) is 5.91 Å². The Morgan fingerprint density at radius 1 is 1.41 bits per heavy atom. The highest BCUT2D eigenvalue weighted by Crippen LogP contribution is 2.23. The largest absolute Gasteiger partial charge is 0.495 e. The molecule has 0 atom stereocenters. The van der Waals surface area contributed by atoms with Gasteiger partial charge in [-0.25, -0.2) is 0 Å². The van der Waals surface area contributed by atoms with E-state index in [1.165, 1.54) is 0 Å². The molecule has 3 nitrogen and oxygen atoms in total. The first kappa shape index (κ1) is 13.6. The SMILES string of the molecule is C=C(C)CSCC(=O)Nc1ccccc1OC. The van der Waals surface area contributed by atoms with E-state index >= 15 is 0 Å². The summed E-state index contributed by atoms with van der Waals surface area (Å²) in [4.78, 5) is 11.6. The molecule has 17 heavy (non-hydrogen) atoms. The Morgan fingerprint density at radius 3 is 2.76 bits per heavy atom. The van der Waals surface area contributed by atoms with Crippen LogP contribution >= 0.6 is 11.8 Å². The zero-order valence-corrected chi connectivity index (χ0v) is 11.0. The molecule has 4 heteroatoms. The predicted octanol–water partition coefficient (Wildman–Crippen LogP) is 2.94. The number of hydrogen-bond acceptors (Lipinski definition) is 3. The maximum atomic E-state index is 11.6. The Hall–Kier alpha value is -1.42. The van der Waals surface area contributed by atoms with Crippen LogP contribution in [0.1, 0.15) is 6.92 Å². The van der Waals surface area contributed by atoms with Gasteiger partial charge in [0.15, 0.2) is 0 Å². The fourth-order valence-electron chi connectivity index (χ4n) is 1.25. The number of nitrogens with one attached hydrogen (secondary N) is 1. The highest BCUT2D eigenvalue weighted by molar-refractivity contribution is 8.00. The van der Waals surface area contributed by atoms with E-state index in [9.17, 15) is 4.79 Å². The maximum absolute atomic E-state index is 11.6. The van der Waals surface area contributed by atoms with Crippen LogP contribution in [0.5, 0.6) is 5.75 Å². The van der Waals surface area contributed by atoms with E-state index in [0.29, 0.717) is 17.2 Å². The smallest absolute Gasteiger partial charge is 0.234 e. The Morgan fingerprint density at radius 2 is 2.12 bits per heavy atom. The van der Waals surface area contributed by atoms with Gasteiger partial charge in [0.2, 0.25) is 5.91 Å². The minimum absolute atomic E-state index is 0.0271. The van der Waals surface area contributed by atoms with E-state index in [4.69, 9.17) is 4.74 Å². The number of carbonyl (C=O) groups excluding carboxylic acids is 1. The first-order chi connectivity index (χ1) is 8.13. The summed E-state index contributed by atoms with van der Waals surface area (Å²) >= 11 is 1.55. The topological polar surface area (TPSA) is 38.3 Å². The number of benzene rings is 1. The third-order valence-corrected chi connectivity index (χ3v) is 3.13. The van der Waals surface area contributed by atoms with Crippen LogP contribution in [0, 0.1) is 0 Å². The summed E-state index contributed by atoms with van der Waals surface area (Å²) < 4.78 is 5.15. The number of carbonyl (C=O) groups is 1. The number of anilines is 1. The summed E-state index contributed by atoms with van der Waals surface area (Å²) in [7, 11) is 1.58. The van der Waals surface area contributed by atoms with Gasteiger partial charge >= 0.3 is 0 Å². The Balaban J connectivity index is 2.47. The monoisotopic (exact) mass is 251 g/mol. The van der Waals surface area contributed by atoms with Crippen molar-refractivity contribution in [3.8, 4) is 5.75 Å². The molecule has 0 aliphatic heterocycles. The van der Waals surface area contributed by atoms with Gasteiger partial charge in [0.1, 0.15) is 5.75 Å². The summed E-state index contributed by atoms with van der Waals surface area (Å²) in [6, 6.07) is 7.36. The van der Waals surface area contributed by atoms with Crippen molar-refractivity contribution in [3.63, 3.8) is 0 Å². The van der Waals surface area contributed by atoms with Gasteiger partial charge in [0.05, 0.1) is 18.6 Å². The zero-order chi connectivity index (χ0) is 12.7. The number of hydrogen-bond donors (Lipinski definition) is 1. The first-order valence-electron chi connectivity index (χ1n) is 5.28. The molecule has 0 aliphatic rings. The molecule has 0 spiro atoms. The lowest BCUT2D eigenvalue weighted by Crippen LogP contribution is -2.15. The van der Waals surface area contributed by atoms with Crippen LogP contribution in [0.2, 0.25) is 0 Å². The van der Waals surface area contributed by atoms with Crippen LogP contribution in [-0.4, -0.2) is 24.5 Å². The molecule has 1 rings (SSSR count). The zero-order valence-electron chi connectivity index (χ0n) is 10.2. The first-order valence-corrected chi connectivity index (χ1v) is 6.44. The molecular formula is C13H17NO2S. The van der Waals surface area contributed by atoms with E-state index in [0.717, 1.165) is 11.3 Å². The van der Waals surface area contributed by atoms with E-state index in [2.05, 4.69) is 11.9 Å². The van der Waals surface area contributed by atoms with Gasteiger partial charge in [0, 0.05) is 5.75 Å². The highest BCUT2D eigenvalue weighted by Gasteiger charge is 2.06. The molecule has 0 radical (unpaired) electrons. The van der Waals surface area contributed by atoms with Gasteiger partial charge in [-0.1, -0.05) is 24.3 Å². The van der Waals surface area contributed by atoms with Crippen LogP contribution in [-0.2, 0) is 4.79 Å². The molecule has 1 amide bonds. The Bertz CT molecular complexity index is 404. The van der Waals surface area contributed by atoms with Gasteiger partial charge in [0.25, 0.3) is 0 Å². The van der Waals surface area contributed by atoms with Gasteiger partial charge in [-0.3, -0.25) is 4.79 Å². The molecule has 0 fully saturated rings. The standard InChI is InChI=1S/C13H17NO2S/c1-10(2)8-17-9-13(15)14-11-6-4-5-7-12(11)16-3/h4-7H,1,8-9H2,2-3H3,(H,14,15). The quantitative estimate of drug-likeness (QED) is 0.790. The summed E-state index contributed by atoms with van der Waals surface area (Å²) in [5.74, 6) is 1.87. The second-order valence-electron chi connectivity index (χ2n) is 3.70. The number of para-hydroxylation sites is 2. The lowest BCUT2D eigenvalue weighted by Gasteiger charge is -2.09. The minimum Gasteiger partial charge on any atom is -0.495 e. The number of amides is 1. The molecular weight excluding hydrogens is 234 g/mol. The van der Waals surface area contributed by atoms with Crippen LogP contribution in [0.25, 0.3) is 0 Å². The third-order valence-electron chi connectivity index (χ3n) is 1.96. The lowest BCUT2D eigenvalue weighted by atomic mass is 10.3. The molecule has 1 aromatic carbocycles. The summed E-state index contributed by atoms with van der Waals surface area (Å²) in [5, 5.41) is 2.82. The molecule has 0 unspecified atom stereocenters. The molecule has 0 saturated carbocycles. The summed E-state index contributed by atoms with van der Waals surface area (Å²) in [5.41, 5.74) is 1.77. The molecule has 0 bridgehead atoms. The molecule has 0 aromatic heterocycles. The lowest BCUT2D eigenvalue weighted by molar-refractivity contribution is -0.113. The van der Waals surface area contributed by atoms with Crippen LogP contribution < -0.4 is 10.1 Å². The van der Waals surface area contributed by atoms with E-state index in [1.807, 2.05) is 31.2 Å². The second-order valence-corrected chi connectivity index (χ2v) is 4.68. The molecule has 1 aromatic rings. The molecule has 1 N–H and O–H groups in total. The number of thioether (sulfide) groups is 1. The van der Waals surface area contributed by atoms with Crippen molar-refractivity contribution < 1.29 is 9.53 Å². The van der Waals surface area contributed by atoms with Gasteiger partial charge in [-0.15, -0.1) is 11.8 Å². The fraction of sp³-hybridized carbons (Fsp3) is 0.308. The molecule has 92 valence electrons. The predicted molar refractivity (Wildman–Crippen MR) is 73.8 cm³/mol. The van der Waals surface area contributed by atoms with Crippen molar-refractivity contribution in [2.45, 2.75) is 6.92 Å². The average molecular weight is 251 g/mol. The molecule has 0 aliphatic carbocycles. The Labute approximate surface area is 106 Å². The Kier molecular flexibility index (Phi) is 5.63. The average Bonchev–Trinajstić information content (AvgIpc) is 2.29. The molecule has 0 saturated heterocycles. The van der Waals surface area contributed by atoms with Crippen molar-refractivity contribution in [1.82, 2.24) is 0 Å². The van der Waals surface area contributed by atoms with E-state index < -0.39 is 0 Å². The van der Waals surface area contributed by atoms with Crippen LogP contribution in [0.15, 0.2) is 36.4 Å². The maximum Gasteiger partial charge on any atom is 0.234 e. The minimum atomic E-state index is -0.0271. The van der Waals surface area contributed by atoms with Crippen LogP contribution in [0.4, 0.5) is 5.69 Å². The second kappa shape index (κ2) is 7.01. The summed E-state index contributed by atoms with van der Waals surface area (Å²) in [6.07, 6.45) is 0. The van der Waals surface area contributed by atoms with Crippen molar-refractivity contribution in [2.24, 2.45) is 0 Å². The number of methoxy groups -OCH3 is 1. The number of rotatable bonds is 6. The van der Waals surface area contributed by atoms with E-state index in [1.54, 1.807) is 18.9 Å². The number of ether oxygens (including phenoxy) is 1. The summed E-state index contributed by atoms with van der Waals surface area (Å²) in [6.45, 7) is 5.74. The van der Waals surface area contributed by atoms with Crippen molar-refractivity contribution in [2.75, 3.05) is 23.9 Å².